The molecule has 0 saturated carbocycles. The summed E-state index contributed by atoms with van der Waals surface area (Å²) in [6, 6.07) is 5.58. The molecular formula is C15H18N2O8S3. The van der Waals surface area contributed by atoms with E-state index < -0.39 is 56.9 Å². The van der Waals surface area contributed by atoms with Gasteiger partial charge >= 0.3 is 0 Å². The Morgan fingerprint density at radius 3 is 2.04 bits per heavy atom. The first-order valence-corrected chi connectivity index (χ1v) is 12.0. The number of nitrogens with two attached hydrogens (primary N) is 2. The van der Waals surface area contributed by atoms with Gasteiger partial charge in [0.1, 0.15) is 4.91 Å². The average Bonchev–Trinajstić information content (AvgIpc) is 2.53. The second-order valence-electron chi connectivity index (χ2n) is 6.05. The quantitative estimate of drug-likeness (QED) is 0.266. The minimum Gasteiger partial charge on any atom is -0.399 e. The van der Waals surface area contributed by atoms with Crippen molar-refractivity contribution < 1.29 is 34.4 Å². The summed E-state index contributed by atoms with van der Waals surface area (Å²) in [5, 5.41) is 0. The van der Waals surface area contributed by atoms with Crippen molar-refractivity contribution in [2.24, 2.45) is 5.73 Å². The summed E-state index contributed by atoms with van der Waals surface area (Å²) in [4.78, 5) is -4.89. The van der Waals surface area contributed by atoms with Crippen LogP contribution >= 0.6 is 0 Å². The van der Waals surface area contributed by atoms with Crippen molar-refractivity contribution in [3.63, 3.8) is 0 Å². The van der Waals surface area contributed by atoms with Gasteiger partial charge in [-0.05, 0) is 29.3 Å². The number of benzene rings is 1. The van der Waals surface area contributed by atoms with Crippen molar-refractivity contribution in [3.05, 3.63) is 58.4 Å². The highest BCUT2D eigenvalue weighted by atomic mass is 32.2. The largest absolute Gasteiger partial charge is 0.399 e. The van der Waals surface area contributed by atoms with Gasteiger partial charge < -0.3 is 11.5 Å². The zero-order valence-electron chi connectivity index (χ0n) is 14.3. The van der Waals surface area contributed by atoms with E-state index in [4.69, 9.17) is 11.5 Å². The molecular weight excluding hydrogens is 432 g/mol. The molecule has 10 nitrogen and oxygen atoms in total. The zero-order valence-corrected chi connectivity index (χ0v) is 16.8. The number of anilines is 1. The van der Waals surface area contributed by atoms with E-state index in [1.807, 2.05) is 0 Å². The molecule has 0 aliphatic heterocycles. The molecule has 1 aliphatic rings. The minimum atomic E-state index is -5.35. The lowest BCUT2D eigenvalue weighted by molar-refractivity contribution is 0.435. The molecule has 1 aliphatic carbocycles. The standard InChI is InChI=1S/C15H18N2O8S3/c1-2-7-26(18,19)13-9-15(17,28(23,24)25)14(27(20,21)22)8-12(13)10-3-5-11(16)6-4-10/h2-6,8H,1,7,9,16-17H2,(H,20,21,22)(H,23,24,25). The first-order chi connectivity index (χ1) is 12.6. The first kappa shape index (κ1) is 22.3. The molecule has 0 heterocycles. The molecule has 6 N–H and O–H groups in total. The fraction of sp³-hybridized carbons (Fsp3) is 0.200. The molecule has 2 rings (SSSR count). The molecule has 0 aromatic heterocycles. The zero-order chi connectivity index (χ0) is 21.5. The third kappa shape index (κ3) is 4.04. The van der Waals surface area contributed by atoms with Crippen molar-refractivity contribution in [2.75, 3.05) is 11.5 Å². The van der Waals surface area contributed by atoms with Gasteiger partial charge in [-0.3, -0.25) is 9.11 Å². The average molecular weight is 451 g/mol. The molecule has 1 atom stereocenters. The van der Waals surface area contributed by atoms with Crippen LogP contribution in [0.15, 0.2) is 52.8 Å². The van der Waals surface area contributed by atoms with Gasteiger partial charge in [-0.2, -0.15) is 16.8 Å². The molecule has 0 spiro atoms. The van der Waals surface area contributed by atoms with Gasteiger partial charge in [-0.1, -0.05) is 18.2 Å². The Balaban J connectivity index is 2.98. The maximum absolute atomic E-state index is 12.7. The molecule has 154 valence electrons. The van der Waals surface area contributed by atoms with Crippen molar-refractivity contribution in [1.82, 2.24) is 0 Å². The van der Waals surface area contributed by atoms with Crippen molar-refractivity contribution in [1.29, 1.82) is 0 Å². The Hall–Kier alpha value is -2.03. The molecule has 1 unspecified atom stereocenters. The van der Waals surface area contributed by atoms with Gasteiger partial charge in [0.15, 0.2) is 14.7 Å². The lowest BCUT2D eigenvalue weighted by atomic mass is 9.96. The summed E-state index contributed by atoms with van der Waals surface area (Å²) in [5.41, 5.74) is 11.5. The Kier molecular flexibility index (Phi) is 5.64. The number of allylic oxidation sites excluding steroid dienone is 2. The van der Waals surface area contributed by atoms with Crippen LogP contribution in [0.1, 0.15) is 12.0 Å². The summed E-state index contributed by atoms with van der Waals surface area (Å²) in [6.07, 6.45) is 0.554. The van der Waals surface area contributed by atoms with Crippen LogP contribution in [0.5, 0.6) is 0 Å². The predicted molar refractivity (Wildman–Crippen MR) is 104 cm³/mol. The normalized spacial score (nSPS) is 21.3. The summed E-state index contributed by atoms with van der Waals surface area (Å²) in [5.74, 6) is -0.600. The molecule has 1 aromatic rings. The van der Waals surface area contributed by atoms with Crippen LogP contribution in [0, 0.1) is 0 Å². The molecule has 1 aromatic carbocycles. The summed E-state index contributed by atoms with van der Waals surface area (Å²) in [7, 11) is -14.8. The third-order valence-corrected chi connectivity index (χ3v) is 8.33. The monoisotopic (exact) mass is 450 g/mol. The van der Waals surface area contributed by atoms with Gasteiger partial charge in [0.2, 0.25) is 0 Å². The van der Waals surface area contributed by atoms with E-state index in [9.17, 15) is 34.4 Å². The maximum atomic E-state index is 12.7. The molecule has 0 saturated heterocycles. The van der Waals surface area contributed by atoms with Crippen LogP contribution in [-0.4, -0.2) is 45.0 Å². The predicted octanol–water partition coefficient (Wildman–Crippen LogP) is 0.299. The van der Waals surface area contributed by atoms with Gasteiger partial charge in [0.05, 0.1) is 10.7 Å². The number of nitrogen functional groups attached to an aromatic ring is 1. The van der Waals surface area contributed by atoms with E-state index in [0.717, 1.165) is 6.08 Å². The van der Waals surface area contributed by atoms with E-state index in [1.54, 1.807) is 0 Å². The number of sulfone groups is 1. The second-order valence-corrected chi connectivity index (χ2v) is 11.2. The Labute approximate surface area is 162 Å². The topological polar surface area (TPSA) is 195 Å². The van der Waals surface area contributed by atoms with Crippen LogP contribution < -0.4 is 11.5 Å². The number of hydrogen-bond donors (Lipinski definition) is 4. The fourth-order valence-corrected chi connectivity index (χ4v) is 6.32. The number of hydrogen-bond acceptors (Lipinski definition) is 8. The lowest BCUT2D eigenvalue weighted by Crippen LogP contribution is -2.53. The number of rotatable bonds is 6. The highest BCUT2D eigenvalue weighted by Gasteiger charge is 2.52. The van der Waals surface area contributed by atoms with Crippen LogP contribution in [-0.2, 0) is 30.1 Å². The van der Waals surface area contributed by atoms with Crippen LogP contribution in [0.4, 0.5) is 5.69 Å². The molecule has 0 amide bonds. The smallest absolute Gasteiger partial charge is 0.293 e. The highest BCUT2D eigenvalue weighted by Crippen LogP contribution is 2.42. The van der Waals surface area contributed by atoms with Gasteiger partial charge in [-0.25, -0.2) is 8.42 Å². The molecule has 0 fully saturated rings. The minimum absolute atomic E-state index is 0.176. The van der Waals surface area contributed by atoms with E-state index in [0.29, 0.717) is 11.8 Å². The highest BCUT2D eigenvalue weighted by molar-refractivity contribution is 7.96. The van der Waals surface area contributed by atoms with Crippen molar-refractivity contribution in [3.8, 4) is 0 Å². The summed E-state index contributed by atoms with van der Waals surface area (Å²) < 4.78 is 91.6. The van der Waals surface area contributed by atoms with E-state index in [1.165, 1.54) is 24.3 Å². The Morgan fingerprint density at radius 2 is 1.61 bits per heavy atom. The fourth-order valence-electron chi connectivity index (χ4n) is 2.71. The summed E-state index contributed by atoms with van der Waals surface area (Å²) in [6.45, 7) is 3.32. The van der Waals surface area contributed by atoms with E-state index >= 15 is 0 Å². The second kappa shape index (κ2) is 7.09. The van der Waals surface area contributed by atoms with Gasteiger partial charge in [0.25, 0.3) is 20.2 Å². The third-order valence-electron chi connectivity index (χ3n) is 4.09. The Bertz CT molecular complexity index is 1190. The maximum Gasteiger partial charge on any atom is 0.293 e. The molecule has 28 heavy (non-hydrogen) atoms. The lowest BCUT2D eigenvalue weighted by Gasteiger charge is -2.32. The van der Waals surface area contributed by atoms with E-state index in [2.05, 4.69) is 6.58 Å². The van der Waals surface area contributed by atoms with E-state index in [-0.39, 0.29) is 11.1 Å². The SMILES string of the molecule is C=CCS(=O)(=O)C1=C(c2ccc(N)cc2)C=C(S(=O)(=O)O)C(N)(S(=O)(=O)O)C1. The Morgan fingerprint density at radius 1 is 1.07 bits per heavy atom. The summed E-state index contributed by atoms with van der Waals surface area (Å²) >= 11 is 0. The van der Waals surface area contributed by atoms with Crippen molar-refractivity contribution >= 4 is 41.3 Å². The van der Waals surface area contributed by atoms with Gasteiger partial charge in [-0.15, -0.1) is 6.58 Å². The molecule has 13 heteroatoms. The first-order valence-electron chi connectivity index (χ1n) is 7.52. The molecule has 0 bridgehead atoms. The van der Waals surface area contributed by atoms with Crippen molar-refractivity contribution in [2.45, 2.75) is 11.3 Å². The molecule has 0 radical (unpaired) electrons. The van der Waals surface area contributed by atoms with Crippen LogP contribution in [0.2, 0.25) is 0 Å². The van der Waals surface area contributed by atoms with Crippen LogP contribution in [0.3, 0.4) is 0 Å². The van der Waals surface area contributed by atoms with Crippen LogP contribution in [0.25, 0.3) is 5.57 Å². The van der Waals surface area contributed by atoms with Gasteiger partial charge in [0, 0.05) is 12.1 Å².